The van der Waals surface area contributed by atoms with Crippen LogP contribution in [0.1, 0.15) is 23.1 Å². The summed E-state index contributed by atoms with van der Waals surface area (Å²) in [6.45, 7) is 4.67. The monoisotopic (exact) mass is 394 g/mol. The number of amides is 1. The summed E-state index contributed by atoms with van der Waals surface area (Å²) in [5.41, 5.74) is 3.07. The van der Waals surface area contributed by atoms with E-state index >= 15 is 0 Å². The molecule has 1 heterocycles. The molecule has 0 bridgehead atoms. The highest BCUT2D eigenvalue weighted by atomic mass is 19.1. The van der Waals surface area contributed by atoms with Crippen LogP contribution in [0.2, 0.25) is 0 Å². The molecular weight excluding hydrogens is 371 g/mol. The van der Waals surface area contributed by atoms with Gasteiger partial charge >= 0.3 is 0 Å². The van der Waals surface area contributed by atoms with Gasteiger partial charge in [-0.15, -0.1) is 0 Å². The Balaban J connectivity index is 1.45. The van der Waals surface area contributed by atoms with Gasteiger partial charge in [0.05, 0.1) is 13.0 Å². The largest absolute Gasteiger partial charge is 0.493 e. The van der Waals surface area contributed by atoms with E-state index in [-0.39, 0.29) is 18.1 Å². The van der Waals surface area contributed by atoms with Gasteiger partial charge in [-0.1, -0.05) is 17.7 Å². The van der Waals surface area contributed by atoms with Crippen molar-refractivity contribution in [2.24, 2.45) is 0 Å². The molecule has 0 aliphatic heterocycles. The van der Waals surface area contributed by atoms with E-state index in [2.05, 4.69) is 10.3 Å². The standard InChI is InChI=1S/C23H23FN2O3/c1-16-3-8-21(17(2)13-16)28-12-10-22(27)26-15-18-9-11-25-23(14-18)29-20-6-4-19(24)5-7-20/h3-9,11,13-14H,10,12,15H2,1-2H3,(H,26,27). The van der Waals surface area contributed by atoms with Crippen LogP contribution in [0, 0.1) is 19.7 Å². The van der Waals surface area contributed by atoms with Gasteiger partial charge < -0.3 is 14.8 Å². The van der Waals surface area contributed by atoms with E-state index in [0.29, 0.717) is 24.8 Å². The van der Waals surface area contributed by atoms with Crippen molar-refractivity contribution in [3.63, 3.8) is 0 Å². The van der Waals surface area contributed by atoms with E-state index in [1.54, 1.807) is 18.3 Å². The molecule has 150 valence electrons. The second-order valence-corrected chi connectivity index (χ2v) is 6.70. The van der Waals surface area contributed by atoms with Gasteiger partial charge in [0.1, 0.15) is 17.3 Å². The summed E-state index contributed by atoms with van der Waals surface area (Å²) in [7, 11) is 0. The smallest absolute Gasteiger partial charge is 0.223 e. The third kappa shape index (κ3) is 6.31. The lowest BCUT2D eigenvalue weighted by Crippen LogP contribution is -2.24. The lowest BCUT2D eigenvalue weighted by atomic mass is 10.1. The number of aromatic nitrogens is 1. The highest BCUT2D eigenvalue weighted by Gasteiger charge is 2.06. The first-order valence-corrected chi connectivity index (χ1v) is 9.35. The minimum atomic E-state index is -0.330. The Morgan fingerprint density at radius 3 is 2.62 bits per heavy atom. The fourth-order valence-corrected chi connectivity index (χ4v) is 2.74. The van der Waals surface area contributed by atoms with Crippen LogP contribution >= 0.6 is 0 Å². The van der Waals surface area contributed by atoms with Gasteiger partial charge in [-0.25, -0.2) is 9.37 Å². The molecule has 1 aromatic heterocycles. The van der Waals surface area contributed by atoms with Crippen LogP contribution in [-0.4, -0.2) is 17.5 Å². The van der Waals surface area contributed by atoms with Crippen molar-refractivity contribution in [1.29, 1.82) is 0 Å². The first-order valence-electron chi connectivity index (χ1n) is 9.35. The van der Waals surface area contributed by atoms with E-state index in [9.17, 15) is 9.18 Å². The zero-order valence-electron chi connectivity index (χ0n) is 16.4. The number of aryl methyl sites for hydroxylation is 2. The number of carbonyl (C=O) groups excluding carboxylic acids is 1. The summed E-state index contributed by atoms with van der Waals surface area (Å²) in [5, 5.41) is 2.86. The molecular formula is C23H23FN2O3. The van der Waals surface area contributed by atoms with Crippen molar-refractivity contribution in [2.45, 2.75) is 26.8 Å². The van der Waals surface area contributed by atoms with Crippen LogP contribution < -0.4 is 14.8 Å². The van der Waals surface area contributed by atoms with E-state index < -0.39 is 0 Å². The zero-order valence-corrected chi connectivity index (χ0v) is 16.4. The lowest BCUT2D eigenvalue weighted by molar-refractivity contribution is -0.121. The summed E-state index contributed by atoms with van der Waals surface area (Å²) in [4.78, 5) is 16.2. The Morgan fingerprint density at radius 1 is 1.07 bits per heavy atom. The molecule has 0 unspecified atom stereocenters. The number of ether oxygens (including phenoxy) is 2. The molecule has 2 aromatic carbocycles. The van der Waals surface area contributed by atoms with Gasteiger partial charge in [-0.3, -0.25) is 4.79 Å². The fraction of sp³-hybridized carbons (Fsp3) is 0.217. The number of halogens is 1. The normalized spacial score (nSPS) is 10.4. The first-order chi connectivity index (χ1) is 14.0. The fourth-order valence-electron chi connectivity index (χ4n) is 2.74. The molecule has 0 saturated heterocycles. The molecule has 3 aromatic rings. The third-order valence-corrected chi connectivity index (χ3v) is 4.24. The molecule has 5 nitrogen and oxygen atoms in total. The van der Waals surface area contributed by atoms with Gasteiger partial charge in [0, 0.05) is 18.8 Å². The van der Waals surface area contributed by atoms with Crippen molar-refractivity contribution in [1.82, 2.24) is 10.3 Å². The number of benzene rings is 2. The highest BCUT2D eigenvalue weighted by molar-refractivity contribution is 5.76. The Labute approximate surface area is 169 Å². The van der Waals surface area contributed by atoms with Crippen LogP contribution in [0.25, 0.3) is 0 Å². The molecule has 0 spiro atoms. The molecule has 0 fully saturated rings. The molecule has 0 atom stereocenters. The summed E-state index contributed by atoms with van der Waals surface area (Å²) < 4.78 is 24.3. The number of rotatable bonds is 8. The topological polar surface area (TPSA) is 60.5 Å². The van der Waals surface area contributed by atoms with Crippen LogP contribution in [-0.2, 0) is 11.3 Å². The minimum Gasteiger partial charge on any atom is -0.493 e. The molecule has 0 aliphatic carbocycles. The SMILES string of the molecule is Cc1ccc(OCCC(=O)NCc2ccnc(Oc3ccc(F)cc3)c2)c(C)c1. The van der Waals surface area contributed by atoms with Gasteiger partial charge in [-0.2, -0.15) is 0 Å². The quantitative estimate of drug-likeness (QED) is 0.601. The van der Waals surface area contributed by atoms with Crippen molar-refractivity contribution in [2.75, 3.05) is 6.61 Å². The third-order valence-electron chi connectivity index (χ3n) is 4.24. The number of nitrogens with one attached hydrogen (secondary N) is 1. The number of pyridine rings is 1. The summed E-state index contributed by atoms with van der Waals surface area (Å²) in [6, 6.07) is 15.2. The molecule has 0 aliphatic rings. The summed E-state index contributed by atoms with van der Waals surface area (Å²) in [6.07, 6.45) is 1.86. The Kier molecular flexibility index (Phi) is 6.79. The minimum absolute atomic E-state index is 0.104. The Bertz CT molecular complexity index is 974. The maximum absolute atomic E-state index is 13.0. The molecule has 0 radical (unpaired) electrons. The maximum atomic E-state index is 13.0. The first kappa shape index (κ1) is 20.3. The van der Waals surface area contributed by atoms with Gasteiger partial charge in [0.15, 0.2) is 0 Å². The predicted molar refractivity (Wildman–Crippen MR) is 109 cm³/mol. The number of hydrogen-bond acceptors (Lipinski definition) is 4. The van der Waals surface area contributed by atoms with Crippen molar-refractivity contribution >= 4 is 5.91 Å². The van der Waals surface area contributed by atoms with Crippen LogP contribution in [0.15, 0.2) is 60.8 Å². The summed E-state index contributed by atoms with van der Waals surface area (Å²) in [5.74, 6) is 1.22. The van der Waals surface area contributed by atoms with Gasteiger partial charge in [0.25, 0.3) is 0 Å². The summed E-state index contributed by atoms with van der Waals surface area (Å²) >= 11 is 0. The van der Waals surface area contributed by atoms with E-state index in [1.165, 1.54) is 29.8 Å². The molecule has 1 amide bonds. The van der Waals surface area contributed by atoms with Crippen LogP contribution in [0.5, 0.6) is 17.4 Å². The van der Waals surface area contributed by atoms with Gasteiger partial charge in [0.2, 0.25) is 11.8 Å². The van der Waals surface area contributed by atoms with Crippen LogP contribution in [0.3, 0.4) is 0 Å². The second kappa shape index (κ2) is 9.68. The zero-order chi connectivity index (χ0) is 20.6. The predicted octanol–water partition coefficient (Wildman–Crippen LogP) is 4.72. The Morgan fingerprint density at radius 2 is 1.86 bits per heavy atom. The van der Waals surface area contributed by atoms with E-state index in [1.807, 2.05) is 32.0 Å². The average Bonchev–Trinajstić information content (AvgIpc) is 2.70. The van der Waals surface area contributed by atoms with E-state index in [0.717, 1.165) is 16.9 Å². The van der Waals surface area contributed by atoms with Gasteiger partial charge in [-0.05, 0) is 61.4 Å². The molecule has 3 rings (SSSR count). The lowest BCUT2D eigenvalue weighted by Gasteiger charge is -2.10. The number of hydrogen-bond donors (Lipinski definition) is 1. The number of nitrogens with zero attached hydrogens (tertiary/aromatic N) is 1. The van der Waals surface area contributed by atoms with E-state index in [4.69, 9.17) is 9.47 Å². The average molecular weight is 394 g/mol. The molecule has 0 saturated carbocycles. The van der Waals surface area contributed by atoms with Crippen molar-refractivity contribution in [3.8, 4) is 17.4 Å². The molecule has 29 heavy (non-hydrogen) atoms. The van der Waals surface area contributed by atoms with Crippen molar-refractivity contribution < 1.29 is 18.7 Å². The maximum Gasteiger partial charge on any atom is 0.223 e. The highest BCUT2D eigenvalue weighted by Crippen LogP contribution is 2.20. The van der Waals surface area contributed by atoms with Crippen LogP contribution in [0.4, 0.5) is 4.39 Å². The molecule has 1 N–H and O–H groups in total. The van der Waals surface area contributed by atoms with Crippen molar-refractivity contribution in [3.05, 3.63) is 83.3 Å². The second-order valence-electron chi connectivity index (χ2n) is 6.70. The molecule has 6 heteroatoms. The Hall–Kier alpha value is -3.41. The number of carbonyl (C=O) groups is 1.